The summed E-state index contributed by atoms with van der Waals surface area (Å²) in [5.41, 5.74) is 2.18. The van der Waals surface area contributed by atoms with Gasteiger partial charge in [-0.25, -0.2) is 0 Å². The molecule has 1 aromatic carbocycles. The molecule has 1 aliphatic rings. The number of hydrogen-bond donors (Lipinski definition) is 1. The standard InChI is InChI=1S/C9H11BNO2/c1-13-10-11-5-7-3-2-4-9(12)8(7)6-11/h2-4,12H,5-6H2,1H3. The Morgan fingerprint density at radius 3 is 3.00 bits per heavy atom. The molecule has 1 radical (unpaired) electrons. The number of hydrogen-bond acceptors (Lipinski definition) is 3. The van der Waals surface area contributed by atoms with Crippen LogP contribution in [0.25, 0.3) is 0 Å². The van der Waals surface area contributed by atoms with Crippen LogP contribution in [0.4, 0.5) is 0 Å². The summed E-state index contributed by atoms with van der Waals surface area (Å²) in [7, 11) is 3.31. The van der Waals surface area contributed by atoms with Gasteiger partial charge < -0.3 is 14.6 Å². The number of benzene rings is 1. The first kappa shape index (κ1) is 8.60. The third-order valence-electron chi connectivity index (χ3n) is 2.24. The van der Waals surface area contributed by atoms with Gasteiger partial charge in [0.2, 0.25) is 0 Å². The van der Waals surface area contributed by atoms with Crippen molar-refractivity contribution in [2.75, 3.05) is 7.11 Å². The van der Waals surface area contributed by atoms with E-state index in [0.29, 0.717) is 5.75 Å². The highest BCUT2D eigenvalue weighted by Crippen LogP contribution is 2.28. The van der Waals surface area contributed by atoms with E-state index in [9.17, 15) is 5.11 Å². The Morgan fingerprint density at radius 1 is 1.46 bits per heavy atom. The summed E-state index contributed by atoms with van der Waals surface area (Å²) in [5.74, 6) is 0.379. The molecular formula is C9H11BNO2. The van der Waals surface area contributed by atoms with Crippen molar-refractivity contribution in [2.24, 2.45) is 0 Å². The second-order valence-corrected chi connectivity index (χ2v) is 3.16. The monoisotopic (exact) mass is 176 g/mol. The molecule has 4 heteroatoms. The molecule has 1 N–H and O–H groups in total. The zero-order valence-corrected chi connectivity index (χ0v) is 7.53. The molecule has 67 valence electrons. The van der Waals surface area contributed by atoms with Gasteiger partial charge in [-0.3, -0.25) is 0 Å². The van der Waals surface area contributed by atoms with Crippen LogP contribution in [0.2, 0.25) is 0 Å². The maximum Gasteiger partial charge on any atom is 0.399 e. The summed E-state index contributed by atoms with van der Waals surface area (Å²) in [4.78, 5) is 2.02. The van der Waals surface area contributed by atoms with Crippen LogP contribution in [0.3, 0.4) is 0 Å². The smallest absolute Gasteiger partial charge is 0.399 e. The fourth-order valence-electron chi connectivity index (χ4n) is 1.65. The van der Waals surface area contributed by atoms with Gasteiger partial charge in [-0.05, 0) is 11.6 Å². The van der Waals surface area contributed by atoms with Crippen LogP contribution in [-0.2, 0) is 17.7 Å². The molecule has 0 aromatic heterocycles. The zero-order chi connectivity index (χ0) is 9.26. The summed E-state index contributed by atoms with van der Waals surface area (Å²) < 4.78 is 4.92. The normalized spacial score (nSPS) is 15.8. The van der Waals surface area contributed by atoms with Gasteiger partial charge in [0, 0.05) is 25.8 Å². The molecule has 0 spiro atoms. The second-order valence-electron chi connectivity index (χ2n) is 3.16. The lowest BCUT2D eigenvalue weighted by Crippen LogP contribution is -2.22. The van der Waals surface area contributed by atoms with Crippen molar-refractivity contribution < 1.29 is 9.76 Å². The summed E-state index contributed by atoms with van der Waals surface area (Å²) in [6, 6.07) is 5.61. The van der Waals surface area contributed by atoms with Crippen molar-refractivity contribution >= 4 is 7.62 Å². The number of phenols is 1. The third kappa shape index (κ3) is 1.55. The highest BCUT2D eigenvalue weighted by atomic mass is 16.4. The van der Waals surface area contributed by atoms with E-state index in [1.165, 1.54) is 5.56 Å². The van der Waals surface area contributed by atoms with E-state index in [0.717, 1.165) is 18.7 Å². The molecule has 0 aliphatic carbocycles. The van der Waals surface area contributed by atoms with Crippen molar-refractivity contribution in [3.8, 4) is 5.75 Å². The van der Waals surface area contributed by atoms with Crippen molar-refractivity contribution in [1.29, 1.82) is 0 Å². The van der Waals surface area contributed by atoms with E-state index in [1.807, 2.05) is 16.9 Å². The summed E-state index contributed by atoms with van der Waals surface area (Å²) in [6.45, 7) is 1.55. The predicted molar refractivity (Wildman–Crippen MR) is 50.1 cm³/mol. The minimum absolute atomic E-state index is 0.379. The average molecular weight is 176 g/mol. The highest BCUT2D eigenvalue weighted by Gasteiger charge is 2.21. The van der Waals surface area contributed by atoms with Crippen LogP contribution in [-0.4, -0.2) is 24.6 Å². The van der Waals surface area contributed by atoms with Gasteiger partial charge in [-0.15, -0.1) is 0 Å². The van der Waals surface area contributed by atoms with Gasteiger partial charge in [0.1, 0.15) is 5.75 Å². The predicted octanol–water partition coefficient (Wildman–Crippen LogP) is 0.888. The number of nitrogens with zero attached hydrogens (tertiary/aromatic N) is 1. The highest BCUT2D eigenvalue weighted by molar-refractivity contribution is 6.23. The molecule has 0 fully saturated rings. The summed E-state index contributed by atoms with van der Waals surface area (Å²) >= 11 is 0. The Bertz CT molecular complexity index is 316. The van der Waals surface area contributed by atoms with E-state index in [4.69, 9.17) is 4.65 Å². The van der Waals surface area contributed by atoms with Crippen molar-refractivity contribution in [2.45, 2.75) is 13.1 Å². The number of aromatic hydroxyl groups is 1. The number of fused-ring (bicyclic) bond motifs is 1. The SMILES string of the molecule is CO[B]N1Cc2cccc(O)c2C1. The zero-order valence-electron chi connectivity index (χ0n) is 7.53. The lowest BCUT2D eigenvalue weighted by Gasteiger charge is -2.09. The van der Waals surface area contributed by atoms with E-state index >= 15 is 0 Å². The molecular weight excluding hydrogens is 165 g/mol. The van der Waals surface area contributed by atoms with Crippen LogP contribution >= 0.6 is 0 Å². The lowest BCUT2D eigenvalue weighted by atomic mass is 10.1. The molecule has 1 aliphatic heterocycles. The quantitative estimate of drug-likeness (QED) is 0.679. The van der Waals surface area contributed by atoms with E-state index < -0.39 is 0 Å². The number of phenolic OH excluding ortho intramolecular Hbond substituents is 1. The molecule has 13 heavy (non-hydrogen) atoms. The van der Waals surface area contributed by atoms with Gasteiger partial charge in [0.05, 0.1) is 0 Å². The molecule has 1 heterocycles. The van der Waals surface area contributed by atoms with E-state index in [2.05, 4.69) is 0 Å². The Labute approximate surface area is 78.2 Å². The van der Waals surface area contributed by atoms with E-state index in [-0.39, 0.29) is 0 Å². The van der Waals surface area contributed by atoms with Crippen molar-refractivity contribution in [3.63, 3.8) is 0 Å². The Kier molecular flexibility index (Phi) is 2.25. The summed E-state index contributed by atoms with van der Waals surface area (Å²) in [6.07, 6.45) is 0. The largest absolute Gasteiger partial charge is 0.508 e. The Hall–Kier alpha value is -0.995. The first-order valence-electron chi connectivity index (χ1n) is 4.21. The van der Waals surface area contributed by atoms with Gasteiger partial charge >= 0.3 is 7.62 Å². The first-order valence-corrected chi connectivity index (χ1v) is 4.21. The van der Waals surface area contributed by atoms with Crippen molar-refractivity contribution in [3.05, 3.63) is 29.3 Å². The molecule has 0 saturated heterocycles. The van der Waals surface area contributed by atoms with Gasteiger partial charge in [0.25, 0.3) is 0 Å². The molecule has 0 saturated carbocycles. The molecule has 3 nitrogen and oxygen atoms in total. The van der Waals surface area contributed by atoms with E-state index in [1.54, 1.807) is 20.8 Å². The Balaban J connectivity index is 2.20. The second kappa shape index (κ2) is 3.40. The minimum Gasteiger partial charge on any atom is -0.508 e. The van der Waals surface area contributed by atoms with Crippen LogP contribution < -0.4 is 0 Å². The third-order valence-corrected chi connectivity index (χ3v) is 2.24. The van der Waals surface area contributed by atoms with Crippen LogP contribution in [0, 0.1) is 0 Å². The van der Waals surface area contributed by atoms with Gasteiger partial charge in [-0.2, -0.15) is 0 Å². The maximum absolute atomic E-state index is 9.54. The Morgan fingerprint density at radius 2 is 2.31 bits per heavy atom. The fraction of sp³-hybridized carbons (Fsp3) is 0.333. The van der Waals surface area contributed by atoms with Crippen LogP contribution in [0.5, 0.6) is 5.75 Å². The molecule has 0 unspecified atom stereocenters. The molecule has 1 aromatic rings. The van der Waals surface area contributed by atoms with Gasteiger partial charge in [-0.1, -0.05) is 12.1 Å². The first-order chi connectivity index (χ1) is 6.31. The molecule has 0 atom stereocenters. The minimum atomic E-state index is 0.379. The molecule has 2 rings (SSSR count). The summed E-state index contributed by atoms with van der Waals surface area (Å²) in [5, 5.41) is 9.54. The lowest BCUT2D eigenvalue weighted by molar-refractivity contribution is 0.343. The number of rotatable bonds is 2. The van der Waals surface area contributed by atoms with Crippen LogP contribution in [0.1, 0.15) is 11.1 Å². The van der Waals surface area contributed by atoms with Crippen molar-refractivity contribution in [1.82, 2.24) is 4.81 Å². The topological polar surface area (TPSA) is 32.7 Å². The van der Waals surface area contributed by atoms with Gasteiger partial charge in [0.15, 0.2) is 0 Å². The van der Waals surface area contributed by atoms with Crippen LogP contribution in [0.15, 0.2) is 18.2 Å². The fourth-order valence-corrected chi connectivity index (χ4v) is 1.65. The average Bonchev–Trinajstić information content (AvgIpc) is 2.49. The maximum atomic E-state index is 9.54. The molecule has 0 bridgehead atoms. The molecule has 0 amide bonds.